The SMILES string of the molecule is CCCC(O)C(=O)OCC(O)CO.CCOC=O. The molecular formula is C11H22O7. The molecule has 0 amide bonds. The van der Waals surface area contributed by atoms with E-state index in [1.165, 1.54) is 0 Å². The molecule has 0 aromatic heterocycles. The second-order valence-electron chi connectivity index (χ2n) is 3.32. The van der Waals surface area contributed by atoms with Crippen LogP contribution in [0.2, 0.25) is 0 Å². The Balaban J connectivity index is 0. The van der Waals surface area contributed by atoms with Gasteiger partial charge >= 0.3 is 5.97 Å². The Morgan fingerprint density at radius 2 is 1.94 bits per heavy atom. The zero-order valence-corrected chi connectivity index (χ0v) is 10.7. The quantitative estimate of drug-likeness (QED) is 0.390. The van der Waals surface area contributed by atoms with Crippen molar-refractivity contribution in [3.05, 3.63) is 0 Å². The van der Waals surface area contributed by atoms with Crippen LogP contribution in [0.25, 0.3) is 0 Å². The van der Waals surface area contributed by atoms with Crippen LogP contribution in [0.5, 0.6) is 0 Å². The number of esters is 1. The number of carbonyl (C=O) groups is 2. The van der Waals surface area contributed by atoms with E-state index in [4.69, 9.17) is 15.3 Å². The summed E-state index contributed by atoms with van der Waals surface area (Å²) in [5, 5.41) is 26.3. The van der Waals surface area contributed by atoms with E-state index in [0.29, 0.717) is 25.9 Å². The highest BCUT2D eigenvalue weighted by atomic mass is 16.6. The summed E-state index contributed by atoms with van der Waals surface area (Å²) in [6, 6.07) is 0. The Kier molecular flexibility index (Phi) is 14.8. The second-order valence-corrected chi connectivity index (χ2v) is 3.32. The predicted octanol–water partition coefficient (Wildman–Crippen LogP) is -0.777. The summed E-state index contributed by atoms with van der Waals surface area (Å²) in [6.07, 6.45) is -1.18. The molecule has 0 spiro atoms. The zero-order chi connectivity index (χ0) is 14.4. The van der Waals surface area contributed by atoms with Gasteiger partial charge in [0.05, 0.1) is 13.2 Å². The van der Waals surface area contributed by atoms with E-state index in [-0.39, 0.29) is 6.61 Å². The van der Waals surface area contributed by atoms with E-state index in [0.717, 1.165) is 0 Å². The van der Waals surface area contributed by atoms with Crippen molar-refractivity contribution in [1.29, 1.82) is 0 Å². The van der Waals surface area contributed by atoms with Crippen LogP contribution in [0.3, 0.4) is 0 Å². The standard InChI is InChI=1S/C8H16O5.C3H6O2/c1-2-3-7(11)8(12)13-5-6(10)4-9;1-2-5-3-4/h6-7,9-11H,2-5H2,1H3;3H,2H2,1H3. The maximum absolute atomic E-state index is 10.9. The van der Waals surface area contributed by atoms with Gasteiger partial charge in [0, 0.05) is 0 Å². The molecule has 0 aromatic carbocycles. The Bertz CT molecular complexity index is 208. The summed E-state index contributed by atoms with van der Waals surface area (Å²) in [6.45, 7) is 3.75. The molecule has 0 heterocycles. The van der Waals surface area contributed by atoms with Crippen molar-refractivity contribution in [3.63, 3.8) is 0 Å². The van der Waals surface area contributed by atoms with Crippen LogP contribution < -0.4 is 0 Å². The fourth-order valence-electron chi connectivity index (χ4n) is 0.787. The number of hydrogen-bond donors (Lipinski definition) is 3. The molecule has 0 aliphatic carbocycles. The Morgan fingerprint density at radius 1 is 1.33 bits per heavy atom. The lowest BCUT2D eigenvalue weighted by molar-refractivity contribution is -0.157. The predicted molar refractivity (Wildman–Crippen MR) is 62.7 cm³/mol. The Hall–Kier alpha value is -1.18. The van der Waals surface area contributed by atoms with E-state index in [2.05, 4.69) is 9.47 Å². The summed E-state index contributed by atoms with van der Waals surface area (Å²) in [4.78, 5) is 20.1. The summed E-state index contributed by atoms with van der Waals surface area (Å²) >= 11 is 0. The highest BCUT2D eigenvalue weighted by Gasteiger charge is 2.16. The van der Waals surface area contributed by atoms with Crippen molar-refractivity contribution in [2.75, 3.05) is 19.8 Å². The normalized spacial score (nSPS) is 12.7. The highest BCUT2D eigenvalue weighted by molar-refractivity contribution is 5.74. The first-order valence-electron chi connectivity index (χ1n) is 5.72. The fourth-order valence-corrected chi connectivity index (χ4v) is 0.787. The van der Waals surface area contributed by atoms with Gasteiger partial charge in [-0.05, 0) is 13.3 Å². The third-order valence-electron chi connectivity index (χ3n) is 1.70. The molecule has 0 radical (unpaired) electrons. The lowest BCUT2D eigenvalue weighted by Crippen LogP contribution is -2.28. The molecule has 7 heteroatoms. The molecule has 0 saturated carbocycles. The molecule has 2 unspecified atom stereocenters. The molecule has 2 atom stereocenters. The summed E-state index contributed by atoms with van der Waals surface area (Å²) in [5.74, 6) is -0.755. The summed E-state index contributed by atoms with van der Waals surface area (Å²) < 4.78 is 8.66. The Morgan fingerprint density at radius 3 is 2.28 bits per heavy atom. The first-order chi connectivity index (χ1) is 8.53. The first kappa shape index (κ1) is 19.2. The highest BCUT2D eigenvalue weighted by Crippen LogP contribution is 1.99. The third kappa shape index (κ3) is 12.9. The lowest BCUT2D eigenvalue weighted by Gasteiger charge is -2.11. The molecule has 0 rings (SSSR count). The average Bonchev–Trinajstić information content (AvgIpc) is 2.37. The van der Waals surface area contributed by atoms with Gasteiger partial charge < -0.3 is 24.8 Å². The molecular weight excluding hydrogens is 244 g/mol. The minimum atomic E-state index is -1.13. The number of hydrogen-bond acceptors (Lipinski definition) is 7. The van der Waals surface area contributed by atoms with E-state index in [1.807, 2.05) is 6.92 Å². The van der Waals surface area contributed by atoms with Gasteiger partial charge in [0.2, 0.25) is 0 Å². The Labute approximate surface area is 106 Å². The molecule has 3 N–H and O–H groups in total. The van der Waals surface area contributed by atoms with E-state index >= 15 is 0 Å². The van der Waals surface area contributed by atoms with Crippen molar-refractivity contribution in [3.8, 4) is 0 Å². The van der Waals surface area contributed by atoms with Gasteiger partial charge in [-0.3, -0.25) is 4.79 Å². The van der Waals surface area contributed by atoms with Crippen LogP contribution in [-0.4, -0.2) is 59.8 Å². The molecule has 18 heavy (non-hydrogen) atoms. The van der Waals surface area contributed by atoms with Crippen molar-refractivity contribution in [1.82, 2.24) is 0 Å². The van der Waals surface area contributed by atoms with Crippen molar-refractivity contribution < 1.29 is 34.4 Å². The van der Waals surface area contributed by atoms with Gasteiger partial charge in [-0.25, -0.2) is 4.79 Å². The molecule has 0 aromatic rings. The van der Waals surface area contributed by atoms with Gasteiger partial charge in [-0.1, -0.05) is 13.3 Å². The zero-order valence-electron chi connectivity index (χ0n) is 10.7. The van der Waals surface area contributed by atoms with E-state index in [1.54, 1.807) is 6.92 Å². The molecule has 0 saturated heterocycles. The molecule has 108 valence electrons. The smallest absolute Gasteiger partial charge is 0.335 e. The summed E-state index contributed by atoms with van der Waals surface area (Å²) in [7, 11) is 0. The minimum Gasteiger partial charge on any atom is -0.468 e. The number of aliphatic hydroxyl groups excluding tert-OH is 3. The fraction of sp³-hybridized carbons (Fsp3) is 0.818. The van der Waals surface area contributed by atoms with Crippen molar-refractivity contribution >= 4 is 12.4 Å². The molecule has 0 bridgehead atoms. The monoisotopic (exact) mass is 266 g/mol. The largest absolute Gasteiger partial charge is 0.468 e. The van der Waals surface area contributed by atoms with Gasteiger partial charge in [0.15, 0.2) is 6.10 Å². The minimum absolute atomic E-state index is 0.282. The number of carbonyl (C=O) groups excluding carboxylic acids is 2. The molecule has 0 aliphatic rings. The van der Waals surface area contributed by atoms with Crippen LogP contribution in [-0.2, 0) is 19.1 Å². The summed E-state index contributed by atoms with van der Waals surface area (Å²) in [5.41, 5.74) is 0. The van der Waals surface area contributed by atoms with Crippen LogP contribution in [0.4, 0.5) is 0 Å². The van der Waals surface area contributed by atoms with Gasteiger partial charge in [0.25, 0.3) is 6.47 Å². The average molecular weight is 266 g/mol. The van der Waals surface area contributed by atoms with E-state index in [9.17, 15) is 9.59 Å². The molecule has 0 fully saturated rings. The van der Waals surface area contributed by atoms with Crippen LogP contribution in [0.1, 0.15) is 26.7 Å². The number of ether oxygens (including phenoxy) is 2. The van der Waals surface area contributed by atoms with Gasteiger partial charge in [0.1, 0.15) is 12.7 Å². The number of aliphatic hydroxyl groups is 3. The van der Waals surface area contributed by atoms with Crippen LogP contribution in [0, 0.1) is 0 Å². The van der Waals surface area contributed by atoms with Crippen LogP contribution >= 0.6 is 0 Å². The maximum atomic E-state index is 10.9. The second kappa shape index (κ2) is 13.9. The van der Waals surface area contributed by atoms with Gasteiger partial charge in [-0.2, -0.15) is 0 Å². The first-order valence-corrected chi connectivity index (χ1v) is 5.72. The lowest BCUT2D eigenvalue weighted by atomic mass is 10.2. The molecule has 0 aliphatic heterocycles. The van der Waals surface area contributed by atoms with E-state index < -0.39 is 24.8 Å². The topological polar surface area (TPSA) is 113 Å². The van der Waals surface area contributed by atoms with Gasteiger partial charge in [-0.15, -0.1) is 0 Å². The molecule has 7 nitrogen and oxygen atoms in total. The van der Waals surface area contributed by atoms with Crippen LogP contribution in [0.15, 0.2) is 0 Å². The third-order valence-corrected chi connectivity index (χ3v) is 1.70. The van der Waals surface area contributed by atoms with Crippen molar-refractivity contribution in [2.45, 2.75) is 38.9 Å². The number of rotatable bonds is 8. The van der Waals surface area contributed by atoms with Crippen molar-refractivity contribution in [2.24, 2.45) is 0 Å². The maximum Gasteiger partial charge on any atom is 0.335 e.